The van der Waals surface area contributed by atoms with Crippen molar-refractivity contribution in [3.8, 4) is 0 Å². The van der Waals surface area contributed by atoms with E-state index in [1.165, 1.54) is 5.56 Å². The molecule has 1 aromatic rings. The van der Waals surface area contributed by atoms with E-state index in [0.29, 0.717) is 0 Å². The van der Waals surface area contributed by atoms with E-state index in [0.717, 1.165) is 32.5 Å². The number of rotatable bonds is 2. The van der Waals surface area contributed by atoms with Gasteiger partial charge in [0.25, 0.3) is 0 Å². The van der Waals surface area contributed by atoms with Gasteiger partial charge in [-0.1, -0.05) is 6.07 Å². The minimum atomic E-state index is -0.0821. The topological polar surface area (TPSA) is 48.1 Å². The second-order valence-electron chi connectivity index (χ2n) is 4.01. The number of nitrogens with zero attached hydrogens (tertiary/aromatic N) is 1. The number of pyridine rings is 1. The number of aromatic nitrogens is 1. The standard InChI is InChI=1S/C11H16N2O.2ClH/c12-11(3-6-14-7-4-11)8-10-2-1-5-13-9-10;;/h1-2,5,9H,3-4,6-8,12H2;2*1H. The Hall–Kier alpha value is -0.350. The molecule has 0 aromatic carbocycles. The fraction of sp³-hybridized carbons (Fsp3) is 0.545. The Morgan fingerprint density at radius 2 is 2.00 bits per heavy atom. The average Bonchev–Trinajstić information content (AvgIpc) is 2.19. The Bertz CT molecular complexity index is 289. The first-order valence-electron chi connectivity index (χ1n) is 5.04. The molecule has 5 heteroatoms. The highest BCUT2D eigenvalue weighted by atomic mass is 35.5. The maximum Gasteiger partial charge on any atom is 0.0483 e. The molecule has 1 aliphatic heterocycles. The van der Waals surface area contributed by atoms with Crippen molar-refractivity contribution in [3.63, 3.8) is 0 Å². The zero-order valence-corrected chi connectivity index (χ0v) is 10.7. The summed E-state index contributed by atoms with van der Waals surface area (Å²) in [6.07, 6.45) is 6.48. The highest BCUT2D eigenvalue weighted by Crippen LogP contribution is 2.21. The number of hydrogen-bond donors (Lipinski definition) is 1. The van der Waals surface area contributed by atoms with Crippen molar-refractivity contribution >= 4 is 24.8 Å². The minimum absolute atomic E-state index is 0. The van der Waals surface area contributed by atoms with Crippen LogP contribution >= 0.6 is 24.8 Å². The van der Waals surface area contributed by atoms with Crippen molar-refractivity contribution in [2.75, 3.05) is 13.2 Å². The second-order valence-corrected chi connectivity index (χ2v) is 4.01. The third-order valence-corrected chi connectivity index (χ3v) is 2.77. The molecular formula is C11H18Cl2N2O. The Kier molecular flexibility index (Phi) is 6.91. The van der Waals surface area contributed by atoms with Crippen LogP contribution in [0.3, 0.4) is 0 Å². The molecule has 0 aliphatic carbocycles. The Balaban J connectivity index is 0.00000112. The normalized spacial score (nSPS) is 18.1. The van der Waals surface area contributed by atoms with E-state index in [-0.39, 0.29) is 30.4 Å². The van der Waals surface area contributed by atoms with E-state index in [9.17, 15) is 0 Å². The van der Waals surface area contributed by atoms with Crippen LogP contribution < -0.4 is 5.73 Å². The summed E-state index contributed by atoms with van der Waals surface area (Å²) in [5.41, 5.74) is 7.42. The van der Waals surface area contributed by atoms with E-state index >= 15 is 0 Å². The van der Waals surface area contributed by atoms with Crippen molar-refractivity contribution in [2.45, 2.75) is 24.8 Å². The number of hydrogen-bond acceptors (Lipinski definition) is 3. The van der Waals surface area contributed by atoms with Gasteiger partial charge in [0, 0.05) is 31.1 Å². The van der Waals surface area contributed by atoms with Crippen molar-refractivity contribution < 1.29 is 4.74 Å². The molecule has 2 N–H and O–H groups in total. The lowest BCUT2D eigenvalue weighted by molar-refractivity contribution is 0.0533. The Labute approximate surface area is 109 Å². The summed E-state index contributed by atoms with van der Waals surface area (Å²) in [5, 5.41) is 0. The van der Waals surface area contributed by atoms with Crippen LogP contribution in [-0.4, -0.2) is 23.7 Å². The monoisotopic (exact) mass is 264 g/mol. The highest BCUT2D eigenvalue weighted by Gasteiger charge is 2.27. The summed E-state index contributed by atoms with van der Waals surface area (Å²) in [5.74, 6) is 0. The Morgan fingerprint density at radius 1 is 1.31 bits per heavy atom. The van der Waals surface area contributed by atoms with Gasteiger partial charge in [-0.05, 0) is 30.9 Å². The van der Waals surface area contributed by atoms with Crippen LogP contribution in [0, 0.1) is 0 Å². The summed E-state index contributed by atoms with van der Waals surface area (Å²) in [6.45, 7) is 1.58. The van der Waals surface area contributed by atoms with Crippen molar-refractivity contribution in [3.05, 3.63) is 30.1 Å². The first kappa shape index (κ1) is 15.7. The summed E-state index contributed by atoms with van der Waals surface area (Å²) >= 11 is 0. The lowest BCUT2D eigenvalue weighted by Gasteiger charge is -2.33. The molecule has 1 aliphatic rings. The van der Waals surface area contributed by atoms with Crippen LogP contribution in [0.15, 0.2) is 24.5 Å². The predicted octanol–water partition coefficient (Wildman–Crippen LogP) is 1.98. The third-order valence-electron chi connectivity index (χ3n) is 2.77. The van der Waals surface area contributed by atoms with Gasteiger partial charge < -0.3 is 10.5 Å². The van der Waals surface area contributed by atoms with E-state index in [1.54, 1.807) is 6.20 Å². The molecule has 0 spiro atoms. The molecule has 0 saturated carbocycles. The molecule has 2 heterocycles. The molecule has 1 saturated heterocycles. The zero-order valence-electron chi connectivity index (χ0n) is 9.09. The quantitative estimate of drug-likeness (QED) is 0.889. The minimum Gasteiger partial charge on any atom is -0.381 e. The molecule has 1 aromatic heterocycles. The highest BCUT2D eigenvalue weighted by molar-refractivity contribution is 5.85. The van der Waals surface area contributed by atoms with Crippen LogP contribution in [0.2, 0.25) is 0 Å². The van der Waals surface area contributed by atoms with Gasteiger partial charge in [0.15, 0.2) is 0 Å². The van der Waals surface area contributed by atoms with Gasteiger partial charge in [-0.2, -0.15) is 0 Å². The maximum absolute atomic E-state index is 6.28. The molecule has 0 bridgehead atoms. The third kappa shape index (κ3) is 4.26. The van der Waals surface area contributed by atoms with E-state index in [4.69, 9.17) is 10.5 Å². The SMILES string of the molecule is Cl.Cl.NC1(Cc2cccnc2)CCOCC1. The lowest BCUT2D eigenvalue weighted by Crippen LogP contribution is -2.46. The van der Waals surface area contributed by atoms with Crippen LogP contribution in [-0.2, 0) is 11.2 Å². The van der Waals surface area contributed by atoms with Crippen LogP contribution in [0.1, 0.15) is 18.4 Å². The molecular weight excluding hydrogens is 247 g/mol. The van der Waals surface area contributed by atoms with Gasteiger partial charge in [0.05, 0.1) is 0 Å². The smallest absolute Gasteiger partial charge is 0.0483 e. The van der Waals surface area contributed by atoms with E-state index in [1.807, 2.05) is 12.3 Å². The van der Waals surface area contributed by atoms with Crippen molar-refractivity contribution in [2.24, 2.45) is 5.73 Å². The number of nitrogens with two attached hydrogens (primary N) is 1. The predicted molar refractivity (Wildman–Crippen MR) is 69.4 cm³/mol. The van der Waals surface area contributed by atoms with Crippen LogP contribution in [0.4, 0.5) is 0 Å². The van der Waals surface area contributed by atoms with Gasteiger partial charge in [-0.15, -0.1) is 24.8 Å². The lowest BCUT2D eigenvalue weighted by atomic mass is 9.85. The number of ether oxygens (including phenoxy) is 1. The molecule has 0 unspecified atom stereocenters. The molecule has 2 rings (SSSR count). The molecule has 0 atom stereocenters. The van der Waals surface area contributed by atoms with E-state index in [2.05, 4.69) is 11.1 Å². The number of halogens is 2. The summed E-state index contributed by atoms with van der Waals surface area (Å²) < 4.78 is 5.31. The first-order chi connectivity index (χ1) is 6.79. The first-order valence-corrected chi connectivity index (χ1v) is 5.04. The van der Waals surface area contributed by atoms with E-state index < -0.39 is 0 Å². The van der Waals surface area contributed by atoms with Crippen LogP contribution in [0.25, 0.3) is 0 Å². The Morgan fingerprint density at radius 3 is 2.56 bits per heavy atom. The molecule has 16 heavy (non-hydrogen) atoms. The molecule has 0 amide bonds. The van der Waals surface area contributed by atoms with Crippen LogP contribution in [0.5, 0.6) is 0 Å². The fourth-order valence-electron chi connectivity index (χ4n) is 1.86. The maximum atomic E-state index is 6.28. The van der Waals surface area contributed by atoms with Gasteiger partial charge in [0.2, 0.25) is 0 Å². The largest absolute Gasteiger partial charge is 0.381 e. The summed E-state index contributed by atoms with van der Waals surface area (Å²) in [4.78, 5) is 4.09. The molecule has 1 fully saturated rings. The summed E-state index contributed by atoms with van der Waals surface area (Å²) in [6, 6.07) is 4.04. The summed E-state index contributed by atoms with van der Waals surface area (Å²) in [7, 11) is 0. The fourth-order valence-corrected chi connectivity index (χ4v) is 1.86. The molecule has 0 radical (unpaired) electrons. The molecule has 3 nitrogen and oxygen atoms in total. The average molecular weight is 265 g/mol. The van der Waals surface area contributed by atoms with Gasteiger partial charge in [0.1, 0.15) is 0 Å². The van der Waals surface area contributed by atoms with Gasteiger partial charge in [-0.25, -0.2) is 0 Å². The van der Waals surface area contributed by atoms with Gasteiger partial charge in [-0.3, -0.25) is 4.98 Å². The van der Waals surface area contributed by atoms with Gasteiger partial charge >= 0.3 is 0 Å². The molecule has 92 valence electrons. The second kappa shape index (κ2) is 7.07. The zero-order chi connectivity index (χ0) is 9.86. The van der Waals surface area contributed by atoms with Crippen molar-refractivity contribution in [1.82, 2.24) is 4.98 Å². The van der Waals surface area contributed by atoms with Crippen molar-refractivity contribution in [1.29, 1.82) is 0 Å².